The maximum absolute atomic E-state index is 13.1. The SMILES string of the molecule is CCCCCn1c2nc(Cl)nc-2c([O-])n(CCCc2cccc3ccccc23)c1=O. The van der Waals surface area contributed by atoms with Crippen LogP contribution in [0.4, 0.5) is 0 Å². The summed E-state index contributed by atoms with van der Waals surface area (Å²) in [6.45, 7) is 2.93. The van der Waals surface area contributed by atoms with Crippen molar-refractivity contribution in [2.45, 2.75) is 52.1 Å². The molecular formula is C23H24ClN4O2-. The van der Waals surface area contributed by atoms with Gasteiger partial charge < -0.3 is 9.67 Å². The Labute approximate surface area is 180 Å². The van der Waals surface area contributed by atoms with E-state index in [9.17, 15) is 9.90 Å². The van der Waals surface area contributed by atoms with Gasteiger partial charge in [0, 0.05) is 13.1 Å². The number of aryl methyl sites for hydroxylation is 1. The van der Waals surface area contributed by atoms with Crippen molar-refractivity contribution in [2.75, 3.05) is 0 Å². The zero-order valence-corrected chi connectivity index (χ0v) is 17.7. The van der Waals surface area contributed by atoms with Crippen LogP contribution in [0.2, 0.25) is 5.28 Å². The molecule has 0 aromatic heterocycles. The van der Waals surface area contributed by atoms with Crippen LogP contribution < -0.4 is 10.8 Å². The van der Waals surface area contributed by atoms with Gasteiger partial charge in [0.25, 0.3) is 0 Å². The highest BCUT2D eigenvalue weighted by molar-refractivity contribution is 6.28. The molecule has 0 unspecified atom stereocenters. The van der Waals surface area contributed by atoms with E-state index < -0.39 is 5.88 Å². The monoisotopic (exact) mass is 423 g/mol. The minimum atomic E-state index is -0.418. The van der Waals surface area contributed by atoms with Gasteiger partial charge in [-0.25, -0.2) is 9.78 Å². The van der Waals surface area contributed by atoms with Crippen LogP contribution in [0.25, 0.3) is 22.3 Å². The minimum absolute atomic E-state index is 0.000697. The highest BCUT2D eigenvalue weighted by atomic mass is 35.5. The van der Waals surface area contributed by atoms with Gasteiger partial charge in [0.15, 0.2) is 5.82 Å². The van der Waals surface area contributed by atoms with Crippen LogP contribution in [0.1, 0.15) is 38.2 Å². The molecule has 7 heteroatoms. The van der Waals surface area contributed by atoms with E-state index in [1.54, 1.807) is 4.57 Å². The van der Waals surface area contributed by atoms with Crippen molar-refractivity contribution in [2.24, 2.45) is 0 Å². The van der Waals surface area contributed by atoms with Crippen molar-refractivity contribution < 1.29 is 5.11 Å². The molecule has 156 valence electrons. The first-order chi connectivity index (χ1) is 14.6. The summed E-state index contributed by atoms with van der Waals surface area (Å²) in [5.74, 6) is -0.129. The summed E-state index contributed by atoms with van der Waals surface area (Å²) in [7, 11) is 0. The van der Waals surface area contributed by atoms with Gasteiger partial charge in [0.05, 0.1) is 0 Å². The number of rotatable bonds is 8. The first kappa shape index (κ1) is 20.4. The normalized spacial score (nSPS) is 11.5. The standard InChI is InChI=1S/C23H25ClN4O2/c1-2-3-6-14-27-20-19(25-22(24)26-20)21(29)28(23(27)30)15-8-12-17-11-7-10-16-9-4-5-13-18(16)17/h4-5,7,9-11,13,29H,2-3,6,8,12,14-15H2,1H3/p-1. The molecule has 2 aromatic carbocycles. The highest BCUT2D eigenvalue weighted by Crippen LogP contribution is 2.27. The quantitative estimate of drug-likeness (QED) is 0.313. The van der Waals surface area contributed by atoms with Gasteiger partial charge in [0.1, 0.15) is 5.69 Å². The number of unbranched alkanes of at least 4 members (excludes halogenated alkanes) is 2. The third-order valence-corrected chi connectivity index (χ3v) is 5.64. The summed E-state index contributed by atoms with van der Waals surface area (Å²) in [5.41, 5.74) is 1.04. The Balaban J connectivity index is 1.62. The maximum atomic E-state index is 13.1. The second-order valence-corrected chi connectivity index (χ2v) is 7.84. The van der Waals surface area contributed by atoms with Gasteiger partial charge in [-0.3, -0.25) is 4.57 Å². The molecule has 4 rings (SSSR count). The molecule has 0 atom stereocenters. The predicted octanol–water partition coefficient (Wildman–Crippen LogP) is 4.25. The molecule has 0 aliphatic carbocycles. The van der Waals surface area contributed by atoms with Gasteiger partial charge >= 0.3 is 5.69 Å². The summed E-state index contributed by atoms with van der Waals surface area (Å²) < 4.78 is 2.83. The predicted molar refractivity (Wildman–Crippen MR) is 117 cm³/mol. The lowest BCUT2D eigenvalue weighted by atomic mass is 10.0. The summed E-state index contributed by atoms with van der Waals surface area (Å²) >= 11 is 5.95. The summed E-state index contributed by atoms with van der Waals surface area (Å²) in [6, 6.07) is 14.5. The molecule has 6 nitrogen and oxygen atoms in total. The van der Waals surface area contributed by atoms with E-state index in [4.69, 9.17) is 11.6 Å². The Hall–Kier alpha value is -2.86. The van der Waals surface area contributed by atoms with Crippen molar-refractivity contribution in [3.05, 3.63) is 63.8 Å². The average molecular weight is 424 g/mol. The molecule has 2 heterocycles. The fourth-order valence-electron chi connectivity index (χ4n) is 3.95. The van der Waals surface area contributed by atoms with Crippen LogP contribution in [-0.2, 0) is 19.5 Å². The number of benzene rings is 2. The molecule has 0 bridgehead atoms. The van der Waals surface area contributed by atoms with Crippen LogP contribution in [0.3, 0.4) is 0 Å². The number of fused-ring (bicyclic) bond motifs is 2. The Bertz CT molecular complexity index is 1190. The summed E-state index contributed by atoms with van der Waals surface area (Å²) in [6.07, 6.45) is 4.32. The van der Waals surface area contributed by atoms with Crippen molar-refractivity contribution in [3.8, 4) is 17.4 Å². The van der Waals surface area contributed by atoms with Crippen molar-refractivity contribution in [1.29, 1.82) is 0 Å². The molecule has 0 fully saturated rings. The van der Waals surface area contributed by atoms with E-state index in [1.807, 2.05) is 18.2 Å². The van der Waals surface area contributed by atoms with Crippen LogP contribution in [0, 0.1) is 0 Å². The molecule has 2 aliphatic rings. The second kappa shape index (κ2) is 8.88. The first-order valence-electron chi connectivity index (χ1n) is 10.4. The van der Waals surface area contributed by atoms with Gasteiger partial charge in [-0.15, -0.1) is 0 Å². The molecule has 30 heavy (non-hydrogen) atoms. The zero-order valence-electron chi connectivity index (χ0n) is 17.0. The Morgan fingerprint density at radius 2 is 1.73 bits per heavy atom. The summed E-state index contributed by atoms with van der Waals surface area (Å²) in [4.78, 5) is 21.3. The van der Waals surface area contributed by atoms with E-state index in [0.717, 1.165) is 25.7 Å². The van der Waals surface area contributed by atoms with Gasteiger partial charge in [-0.1, -0.05) is 62.2 Å². The van der Waals surface area contributed by atoms with Crippen LogP contribution in [0.15, 0.2) is 47.3 Å². The van der Waals surface area contributed by atoms with Crippen LogP contribution >= 0.6 is 11.6 Å². The third-order valence-electron chi connectivity index (χ3n) is 5.47. The Morgan fingerprint density at radius 3 is 2.57 bits per heavy atom. The van der Waals surface area contributed by atoms with Crippen molar-refractivity contribution in [1.82, 2.24) is 19.1 Å². The summed E-state index contributed by atoms with van der Waals surface area (Å²) in [5, 5.41) is 15.3. The maximum Gasteiger partial charge on any atom is 0.329 e. The van der Waals surface area contributed by atoms with E-state index in [-0.39, 0.29) is 22.5 Å². The molecule has 2 aromatic rings. The van der Waals surface area contributed by atoms with Gasteiger partial charge in [0.2, 0.25) is 5.28 Å². The zero-order chi connectivity index (χ0) is 21.1. The number of aromatic nitrogens is 4. The molecule has 2 aliphatic heterocycles. The third kappa shape index (κ3) is 3.92. The van der Waals surface area contributed by atoms with Crippen molar-refractivity contribution in [3.63, 3.8) is 0 Å². The number of nitrogens with zero attached hydrogens (tertiary/aromatic N) is 4. The molecular weight excluding hydrogens is 400 g/mol. The van der Waals surface area contributed by atoms with Crippen LogP contribution in [-0.4, -0.2) is 19.1 Å². The lowest BCUT2D eigenvalue weighted by Gasteiger charge is -2.22. The Kier molecular flexibility index (Phi) is 6.04. The number of imidazole rings is 1. The minimum Gasteiger partial charge on any atom is -0.858 e. The topological polar surface area (TPSA) is 75.8 Å². The number of hydrogen-bond donors (Lipinski definition) is 0. The largest absolute Gasteiger partial charge is 0.858 e. The number of halogens is 1. The van der Waals surface area contributed by atoms with E-state index in [2.05, 4.69) is 41.2 Å². The first-order valence-corrected chi connectivity index (χ1v) is 10.8. The second-order valence-electron chi connectivity index (χ2n) is 7.50. The van der Waals surface area contributed by atoms with E-state index >= 15 is 0 Å². The Morgan fingerprint density at radius 1 is 0.967 bits per heavy atom. The lowest BCUT2D eigenvalue weighted by molar-refractivity contribution is -0.279. The van der Waals surface area contributed by atoms with Crippen molar-refractivity contribution >= 4 is 22.4 Å². The van der Waals surface area contributed by atoms with Gasteiger partial charge in [-0.2, -0.15) is 4.98 Å². The molecule has 0 amide bonds. The molecule has 0 spiro atoms. The number of hydrogen-bond acceptors (Lipinski definition) is 4. The van der Waals surface area contributed by atoms with Crippen LogP contribution in [0.5, 0.6) is 5.88 Å². The van der Waals surface area contributed by atoms with E-state index in [0.29, 0.717) is 19.5 Å². The molecule has 0 saturated carbocycles. The van der Waals surface area contributed by atoms with Gasteiger partial charge in [-0.05, 0) is 53.1 Å². The average Bonchev–Trinajstić information content (AvgIpc) is 3.14. The fraction of sp³-hybridized carbons (Fsp3) is 0.348. The molecule has 0 saturated heterocycles. The molecule has 0 radical (unpaired) electrons. The highest BCUT2D eigenvalue weighted by Gasteiger charge is 2.20. The lowest BCUT2D eigenvalue weighted by Crippen LogP contribution is -2.35. The molecule has 0 N–H and O–H groups in total. The smallest absolute Gasteiger partial charge is 0.329 e. The van der Waals surface area contributed by atoms with E-state index in [1.165, 1.54) is 20.9 Å². The fourth-order valence-corrected chi connectivity index (χ4v) is 4.11.